The van der Waals surface area contributed by atoms with Gasteiger partial charge in [-0.3, -0.25) is 19.3 Å². The van der Waals surface area contributed by atoms with E-state index < -0.39 is 12.1 Å². The molecule has 1 saturated carbocycles. The predicted molar refractivity (Wildman–Crippen MR) is 138 cm³/mol. The minimum Gasteiger partial charge on any atom is -0.369 e. The number of ether oxygens (including phenoxy) is 1. The average Bonchev–Trinajstić information content (AvgIpc) is 3.40. The highest BCUT2D eigenvalue weighted by molar-refractivity contribution is 5.99. The fraction of sp³-hybridized carbons (Fsp3) is 0.679. The van der Waals surface area contributed by atoms with Gasteiger partial charge in [0, 0.05) is 50.0 Å². The molecule has 1 unspecified atom stereocenters. The molecule has 3 aliphatic heterocycles. The van der Waals surface area contributed by atoms with Crippen molar-refractivity contribution >= 4 is 23.3 Å². The number of likely N-dealkylation sites (tertiary alicyclic amines) is 1. The van der Waals surface area contributed by atoms with Crippen LogP contribution in [0.15, 0.2) is 24.3 Å². The molecule has 8 nitrogen and oxygen atoms in total. The van der Waals surface area contributed by atoms with E-state index in [4.69, 9.17) is 4.74 Å². The largest absolute Gasteiger partial charge is 0.369 e. The van der Waals surface area contributed by atoms with Crippen LogP contribution in [-0.2, 0) is 14.3 Å². The molecule has 1 N–H and O–H groups in total. The van der Waals surface area contributed by atoms with Gasteiger partial charge in [-0.1, -0.05) is 27.2 Å². The maximum Gasteiger partial charge on any atom is 0.251 e. The minimum atomic E-state index is -0.691. The Morgan fingerprint density at radius 3 is 2.33 bits per heavy atom. The van der Waals surface area contributed by atoms with Crippen LogP contribution < -0.4 is 10.2 Å². The van der Waals surface area contributed by atoms with Crippen LogP contribution in [-0.4, -0.2) is 91.0 Å². The zero-order chi connectivity index (χ0) is 25.4. The number of carbonyl (C=O) groups excluding carboxylic acids is 3. The summed E-state index contributed by atoms with van der Waals surface area (Å²) >= 11 is 0. The number of Topliss-reactive ketones (excluding diaryl/α,β-unsaturated/α-hetero) is 1. The summed E-state index contributed by atoms with van der Waals surface area (Å²) in [5.74, 6) is -0.495. The molecule has 1 aliphatic carbocycles. The van der Waals surface area contributed by atoms with Crippen molar-refractivity contribution < 1.29 is 19.1 Å². The Hall–Kier alpha value is -2.45. The standard InChI is InChI=1S/C28H40N4O4/c1-28(2,3)17-22(27(35)32-12-11-24-25(32)23(33)18-36-24)29-26(34)19-7-9-21(10-8-19)31-15-13-30(14-16-31)20-5-4-6-20/h7-10,20,22,24-25H,4-6,11-18H2,1-3H3,(H,29,34)/t22?,24-,25-/m1/s1. The third-order valence-electron chi connectivity index (χ3n) is 8.22. The Morgan fingerprint density at radius 1 is 1.03 bits per heavy atom. The monoisotopic (exact) mass is 496 g/mol. The van der Waals surface area contributed by atoms with Crippen LogP contribution in [0.5, 0.6) is 0 Å². The highest BCUT2D eigenvalue weighted by Gasteiger charge is 2.48. The summed E-state index contributed by atoms with van der Waals surface area (Å²) in [6.45, 7) is 10.9. The van der Waals surface area contributed by atoms with Crippen molar-refractivity contribution in [1.29, 1.82) is 0 Å². The lowest BCUT2D eigenvalue weighted by molar-refractivity contribution is -0.138. The number of fused-ring (bicyclic) bond motifs is 1. The first-order valence-electron chi connectivity index (χ1n) is 13.5. The highest BCUT2D eigenvalue weighted by Crippen LogP contribution is 2.30. The lowest BCUT2D eigenvalue weighted by atomic mass is 9.87. The molecule has 0 bridgehead atoms. The molecule has 8 heteroatoms. The molecule has 1 aromatic carbocycles. The van der Waals surface area contributed by atoms with Crippen molar-refractivity contribution in [1.82, 2.24) is 15.1 Å². The molecule has 4 fully saturated rings. The average molecular weight is 497 g/mol. The topological polar surface area (TPSA) is 82.2 Å². The third kappa shape index (κ3) is 5.30. The van der Waals surface area contributed by atoms with Gasteiger partial charge in [-0.25, -0.2) is 0 Å². The zero-order valence-electron chi connectivity index (χ0n) is 21.9. The second-order valence-corrected chi connectivity index (χ2v) is 12.0. The Balaban J connectivity index is 1.22. The maximum absolute atomic E-state index is 13.5. The van der Waals surface area contributed by atoms with Gasteiger partial charge < -0.3 is 19.9 Å². The number of carbonyl (C=O) groups is 3. The van der Waals surface area contributed by atoms with Gasteiger partial charge in [-0.05, 0) is 55.4 Å². The zero-order valence-corrected chi connectivity index (χ0v) is 21.9. The van der Waals surface area contributed by atoms with Gasteiger partial charge >= 0.3 is 0 Å². The van der Waals surface area contributed by atoms with Crippen molar-refractivity contribution in [3.05, 3.63) is 29.8 Å². The molecule has 4 aliphatic rings. The van der Waals surface area contributed by atoms with Gasteiger partial charge in [-0.15, -0.1) is 0 Å². The Bertz CT molecular complexity index is 976. The van der Waals surface area contributed by atoms with Crippen LogP contribution in [0.2, 0.25) is 0 Å². The van der Waals surface area contributed by atoms with E-state index in [0.29, 0.717) is 24.9 Å². The first-order valence-corrected chi connectivity index (χ1v) is 13.5. The first kappa shape index (κ1) is 25.2. The number of ketones is 1. The summed E-state index contributed by atoms with van der Waals surface area (Å²) in [7, 11) is 0. The SMILES string of the molecule is CC(C)(C)CC(NC(=O)c1ccc(N2CCN(C3CCC3)CC2)cc1)C(=O)N1CC[C@H]2OCC(=O)[C@H]21. The molecule has 0 aromatic heterocycles. The highest BCUT2D eigenvalue weighted by atomic mass is 16.5. The van der Waals surface area contributed by atoms with E-state index in [1.807, 2.05) is 24.3 Å². The van der Waals surface area contributed by atoms with Crippen molar-refractivity contribution in [2.45, 2.75) is 77.1 Å². The Morgan fingerprint density at radius 2 is 1.72 bits per heavy atom. The van der Waals surface area contributed by atoms with Gasteiger partial charge in [-0.2, -0.15) is 0 Å². The van der Waals surface area contributed by atoms with E-state index in [1.165, 1.54) is 19.3 Å². The lowest BCUT2D eigenvalue weighted by Gasteiger charge is -2.43. The molecule has 196 valence electrons. The van der Waals surface area contributed by atoms with E-state index in [-0.39, 0.29) is 35.7 Å². The van der Waals surface area contributed by atoms with Gasteiger partial charge in [0.2, 0.25) is 5.91 Å². The van der Waals surface area contributed by atoms with Crippen molar-refractivity contribution in [3.8, 4) is 0 Å². The predicted octanol–water partition coefficient (Wildman–Crippen LogP) is 2.46. The van der Waals surface area contributed by atoms with Crippen molar-refractivity contribution in [2.75, 3.05) is 44.2 Å². The van der Waals surface area contributed by atoms with Crippen LogP contribution in [0.1, 0.15) is 63.2 Å². The quantitative estimate of drug-likeness (QED) is 0.652. The number of amides is 2. The molecule has 3 atom stereocenters. The summed E-state index contributed by atoms with van der Waals surface area (Å²) in [5, 5.41) is 2.99. The Kier molecular flexibility index (Phi) is 7.10. The Labute approximate surface area is 214 Å². The van der Waals surface area contributed by atoms with E-state index in [0.717, 1.165) is 37.9 Å². The smallest absolute Gasteiger partial charge is 0.251 e. The molecule has 2 amide bonds. The number of nitrogens with zero attached hydrogens (tertiary/aromatic N) is 3. The normalized spacial score (nSPS) is 26.0. The molecule has 5 rings (SSSR count). The minimum absolute atomic E-state index is 0.0456. The van der Waals surface area contributed by atoms with Crippen LogP contribution in [0.25, 0.3) is 0 Å². The van der Waals surface area contributed by atoms with Crippen LogP contribution in [0, 0.1) is 5.41 Å². The lowest BCUT2D eigenvalue weighted by Crippen LogP contribution is -2.53. The van der Waals surface area contributed by atoms with Crippen LogP contribution in [0.4, 0.5) is 5.69 Å². The van der Waals surface area contributed by atoms with Gasteiger partial charge in [0.15, 0.2) is 5.78 Å². The molecule has 1 aromatic rings. The number of hydrogen-bond donors (Lipinski definition) is 1. The molecule has 0 radical (unpaired) electrons. The number of benzene rings is 1. The maximum atomic E-state index is 13.5. The number of rotatable bonds is 6. The molecule has 3 saturated heterocycles. The van der Waals surface area contributed by atoms with E-state index in [9.17, 15) is 14.4 Å². The summed E-state index contributed by atoms with van der Waals surface area (Å²) in [6.07, 6.45) is 4.98. The third-order valence-corrected chi connectivity index (χ3v) is 8.22. The molecular formula is C28H40N4O4. The number of hydrogen-bond acceptors (Lipinski definition) is 6. The molecular weight excluding hydrogens is 456 g/mol. The van der Waals surface area contributed by atoms with Crippen molar-refractivity contribution in [2.24, 2.45) is 5.41 Å². The summed E-state index contributed by atoms with van der Waals surface area (Å²) in [6, 6.07) is 7.30. The van der Waals surface area contributed by atoms with Crippen LogP contribution in [0.3, 0.4) is 0 Å². The van der Waals surface area contributed by atoms with Gasteiger partial charge in [0.25, 0.3) is 5.91 Å². The molecule has 0 spiro atoms. The summed E-state index contributed by atoms with van der Waals surface area (Å²) < 4.78 is 5.55. The number of piperazine rings is 1. The second kappa shape index (κ2) is 10.1. The van der Waals surface area contributed by atoms with E-state index >= 15 is 0 Å². The van der Waals surface area contributed by atoms with Gasteiger partial charge in [0.05, 0.1) is 6.10 Å². The van der Waals surface area contributed by atoms with E-state index in [2.05, 4.69) is 35.9 Å². The summed E-state index contributed by atoms with van der Waals surface area (Å²) in [4.78, 5) is 45.7. The van der Waals surface area contributed by atoms with Crippen LogP contribution >= 0.6 is 0 Å². The molecule has 36 heavy (non-hydrogen) atoms. The van der Waals surface area contributed by atoms with E-state index in [1.54, 1.807) is 4.90 Å². The van der Waals surface area contributed by atoms with Gasteiger partial charge in [0.1, 0.15) is 18.7 Å². The number of anilines is 1. The second-order valence-electron chi connectivity index (χ2n) is 12.0. The fourth-order valence-corrected chi connectivity index (χ4v) is 6.02. The summed E-state index contributed by atoms with van der Waals surface area (Å²) in [5.41, 5.74) is 1.50. The fourth-order valence-electron chi connectivity index (χ4n) is 6.02. The van der Waals surface area contributed by atoms with Crippen molar-refractivity contribution in [3.63, 3.8) is 0 Å². The molecule has 3 heterocycles. The first-order chi connectivity index (χ1) is 17.2. The number of nitrogens with one attached hydrogen (secondary N) is 1.